The van der Waals surface area contributed by atoms with Gasteiger partial charge >= 0.3 is 0 Å². The van der Waals surface area contributed by atoms with Crippen molar-refractivity contribution in [1.29, 1.82) is 0 Å². The number of benzene rings is 1. The van der Waals surface area contributed by atoms with Crippen LogP contribution < -0.4 is 38.9 Å². The fraction of sp³-hybridized carbons (Fsp3) is 0.517. The normalized spacial score (nSPS) is 13.8. The Morgan fingerprint density at radius 1 is 0.837 bits per heavy atom. The molecule has 0 bridgehead atoms. The van der Waals surface area contributed by atoms with Crippen molar-refractivity contribution in [3.05, 3.63) is 54.1 Å². The number of carbonyl (C=O) groups excluding carboxylic acids is 4. The highest BCUT2D eigenvalue weighted by Crippen LogP contribution is 2.11. The zero-order valence-corrected chi connectivity index (χ0v) is 24.9. The third kappa shape index (κ3) is 13.4. The van der Waals surface area contributed by atoms with E-state index in [4.69, 9.17) is 22.9 Å². The molecular formula is C29H46N10O4. The average Bonchev–Trinajstić information content (AvgIpc) is 3.46. The van der Waals surface area contributed by atoms with Gasteiger partial charge in [-0.05, 0) is 37.2 Å². The molecule has 1 heterocycles. The molecule has 0 aliphatic rings. The largest absolute Gasteiger partial charge is 0.370 e. The van der Waals surface area contributed by atoms with E-state index in [0.29, 0.717) is 30.9 Å². The number of nitrogens with one attached hydrogen (secondary N) is 4. The smallest absolute Gasteiger partial charge is 0.243 e. The molecule has 14 heteroatoms. The number of nitrogens with zero attached hydrogens (tertiary/aromatic N) is 2. The van der Waals surface area contributed by atoms with Crippen LogP contribution in [0.5, 0.6) is 0 Å². The van der Waals surface area contributed by atoms with Crippen LogP contribution in [0.25, 0.3) is 0 Å². The van der Waals surface area contributed by atoms with Gasteiger partial charge in [-0.3, -0.25) is 24.2 Å². The lowest BCUT2D eigenvalue weighted by Gasteiger charge is -2.25. The fourth-order valence-corrected chi connectivity index (χ4v) is 4.39. The molecule has 4 unspecified atom stereocenters. The van der Waals surface area contributed by atoms with Gasteiger partial charge < -0.3 is 43.9 Å². The number of guanidine groups is 1. The standard InChI is InChI=1S/C29H46N10O4/c1-18(2)8-6-11-22(28(43)39-24(25(31)40)15-20-16-34-17-36-20)38-27(42)23(12-7-13-35-29(32)33)37-26(41)21(30)14-19-9-4-3-5-10-19/h3-5,9-10,16-18,21-24H,6-8,11-15,30H2,1-2H3,(H2,31,40)(H,34,36)(H,37,41)(H,38,42)(H,39,43)(H4,32,33,35). The molecule has 0 aliphatic heterocycles. The third-order valence-electron chi connectivity index (χ3n) is 6.76. The second kappa shape index (κ2) is 18.2. The number of carbonyl (C=O) groups is 4. The summed E-state index contributed by atoms with van der Waals surface area (Å²) >= 11 is 0. The molecule has 0 radical (unpaired) electrons. The van der Waals surface area contributed by atoms with Gasteiger partial charge in [-0.25, -0.2) is 4.98 Å². The molecule has 12 N–H and O–H groups in total. The first kappa shape index (κ1) is 34.7. The van der Waals surface area contributed by atoms with E-state index in [1.54, 1.807) is 0 Å². The second-order valence-electron chi connectivity index (χ2n) is 10.9. The van der Waals surface area contributed by atoms with Gasteiger partial charge in [0.1, 0.15) is 18.1 Å². The molecule has 2 rings (SSSR count). The number of aromatic amines is 1. The van der Waals surface area contributed by atoms with Crippen molar-refractivity contribution in [3.63, 3.8) is 0 Å². The summed E-state index contributed by atoms with van der Waals surface area (Å²) in [7, 11) is 0. The summed E-state index contributed by atoms with van der Waals surface area (Å²) in [5, 5.41) is 8.16. The SMILES string of the molecule is CC(C)CCCC(NC(=O)C(CCCN=C(N)N)NC(=O)C(N)Cc1ccccc1)C(=O)NC(Cc1cnc[nH]1)C(N)=O. The van der Waals surface area contributed by atoms with E-state index in [1.807, 2.05) is 30.3 Å². The quantitative estimate of drug-likeness (QED) is 0.0584. The summed E-state index contributed by atoms with van der Waals surface area (Å²) in [6.45, 7) is 4.36. The van der Waals surface area contributed by atoms with Gasteiger partial charge in [0.2, 0.25) is 23.6 Å². The molecule has 4 amide bonds. The van der Waals surface area contributed by atoms with Crippen molar-refractivity contribution in [1.82, 2.24) is 25.9 Å². The Morgan fingerprint density at radius 2 is 1.44 bits per heavy atom. The van der Waals surface area contributed by atoms with Gasteiger partial charge in [0.15, 0.2) is 5.96 Å². The maximum absolute atomic E-state index is 13.5. The van der Waals surface area contributed by atoms with Crippen LogP contribution in [-0.4, -0.2) is 70.3 Å². The number of rotatable bonds is 19. The number of hydrogen-bond donors (Lipinski definition) is 8. The molecule has 14 nitrogen and oxygen atoms in total. The fourth-order valence-electron chi connectivity index (χ4n) is 4.39. The molecule has 0 fully saturated rings. The van der Waals surface area contributed by atoms with Gasteiger partial charge in [0.25, 0.3) is 0 Å². The molecule has 0 spiro atoms. The van der Waals surface area contributed by atoms with Gasteiger partial charge in [-0.2, -0.15) is 0 Å². The molecule has 4 atom stereocenters. The van der Waals surface area contributed by atoms with E-state index in [2.05, 4.69) is 44.8 Å². The van der Waals surface area contributed by atoms with E-state index in [0.717, 1.165) is 12.0 Å². The molecule has 1 aromatic carbocycles. The highest BCUT2D eigenvalue weighted by atomic mass is 16.2. The van der Waals surface area contributed by atoms with Gasteiger partial charge in [0, 0.05) is 24.9 Å². The van der Waals surface area contributed by atoms with Gasteiger partial charge in [-0.1, -0.05) is 57.0 Å². The number of imidazole rings is 1. The number of H-pyrrole nitrogens is 1. The first-order valence-corrected chi connectivity index (χ1v) is 14.5. The first-order valence-electron chi connectivity index (χ1n) is 14.5. The summed E-state index contributed by atoms with van der Waals surface area (Å²) < 4.78 is 0. The van der Waals surface area contributed by atoms with Crippen LogP contribution >= 0.6 is 0 Å². The summed E-state index contributed by atoms with van der Waals surface area (Å²) in [5.74, 6) is -2.08. The van der Waals surface area contributed by atoms with Crippen molar-refractivity contribution >= 4 is 29.6 Å². The molecule has 1 aromatic heterocycles. The summed E-state index contributed by atoms with van der Waals surface area (Å²) in [6, 6.07) is 5.36. The van der Waals surface area contributed by atoms with Crippen LogP contribution in [0, 0.1) is 5.92 Å². The predicted molar refractivity (Wildman–Crippen MR) is 164 cm³/mol. The Hall–Kier alpha value is -4.46. The van der Waals surface area contributed by atoms with Crippen molar-refractivity contribution in [2.75, 3.05) is 6.54 Å². The number of hydrogen-bond acceptors (Lipinski definition) is 7. The molecule has 2 aromatic rings. The van der Waals surface area contributed by atoms with E-state index in [1.165, 1.54) is 12.5 Å². The summed E-state index contributed by atoms with van der Waals surface area (Å²) in [6.07, 6.45) is 5.71. The maximum Gasteiger partial charge on any atom is 0.243 e. The molecule has 0 saturated carbocycles. The van der Waals surface area contributed by atoms with E-state index < -0.39 is 47.8 Å². The lowest BCUT2D eigenvalue weighted by Crippen LogP contribution is -2.58. The van der Waals surface area contributed by atoms with Crippen LogP contribution in [0.15, 0.2) is 47.8 Å². The zero-order chi connectivity index (χ0) is 31.8. The predicted octanol–water partition coefficient (Wildman–Crippen LogP) is -0.658. The number of aliphatic imine (C=N–C) groups is 1. The van der Waals surface area contributed by atoms with Crippen molar-refractivity contribution in [2.45, 2.75) is 83.0 Å². The van der Waals surface area contributed by atoms with E-state index in [-0.39, 0.29) is 31.8 Å². The second-order valence-corrected chi connectivity index (χ2v) is 10.9. The number of primary amides is 1. The average molecular weight is 599 g/mol. The van der Waals surface area contributed by atoms with Gasteiger partial charge in [-0.15, -0.1) is 0 Å². The van der Waals surface area contributed by atoms with Crippen LogP contribution in [0.4, 0.5) is 0 Å². The van der Waals surface area contributed by atoms with Crippen LogP contribution in [-0.2, 0) is 32.0 Å². The molecule has 0 aliphatic carbocycles. The molecule has 0 saturated heterocycles. The van der Waals surface area contributed by atoms with Crippen LogP contribution in [0.3, 0.4) is 0 Å². The maximum atomic E-state index is 13.5. The molecule has 236 valence electrons. The van der Waals surface area contributed by atoms with Crippen molar-refractivity contribution in [2.24, 2.45) is 33.8 Å². The Labute approximate surface area is 252 Å². The summed E-state index contributed by atoms with van der Waals surface area (Å²) in [4.78, 5) is 62.8. The number of nitrogens with two attached hydrogens (primary N) is 4. The minimum atomic E-state index is -1.02. The highest BCUT2D eigenvalue weighted by molar-refractivity contribution is 5.94. The van der Waals surface area contributed by atoms with Crippen LogP contribution in [0.2, 0.25) is 0 Å². The lowest BCUT2D eigenvalue weighted by molar-refractivity contribution is -0.133. The van der Waals surface area contributed by atoms with Crippen molar-refractivity contribution in [3.8, 4) is 0 Å². The number of amides is 4. The van der Waals surface area contributed by atoms with E-state index in [9.17, 15) is 19.2 Å². The third-order valence-corrected chi connectivity index (χ3v) is 6.76. The lowest BCUT2D eigenvalue weighted by atomic mass is 10.0. The zero-order valence-electron chi connectivity index (χ0n) is 24.9. The monoisotopic (exact) mass is 598 g/mol. The van der Waals surface area contributed by atoms with Crippen LogP contribution in [0.1, 0.15) is 57.2 Å². The highest BCUT2D eigenvalue weighted by Gasteiger charge is 2.30. The topological polar surface area (TPSA) is 249 Å². The Morgan fingerprint density at radius 3 is 2.00 bits per heavy atom. The van der Waals surface area contributed by atoms with E-state index >= 15 is 0 Å². The van der Waals surface area contributed by atoms with Crippen molar-refractivity contribution < 1.29 is 19.2 Å². The Kier molecular flexibility index (Phi) is 14.7. The minimum Gasteiger partial charge on any atom is -0.370 e. The first-order chi connectivity index (χ1) is 20.5. The minimum absolute atomic E-state index is 0.0871. The summed E-state index contributed by atoms with van der Waals surface area (Å²) in [5.41, 5.74) is 24.0. The molecular weight excluding hydrogens is 552 g/mol. The number of aromatic nitrogens is 2. The van der Waals surface area contributed by atoms with Gasteiger partial charge in [0.05, 0.1) is 12.4 Å². The Balaban J connectivity index is 2.17. The molecule has 43 heavy (non-hydrogen) atoms. The Bertz CT molecular complexity index is 1180.